The number of fused-ring (bicyclic) bond motifs is 1. The molecular formula is C21H23F2N3O3. The second kappa shape index (κ2) is 7.59. The largest absolute Gasteiger partial charge is 0.490 e. The van der Waals surface area contributed by atoms with Crippen molar-refractivity contribution in [2.45, 2.75) is 31.9 Å². The summed E-state index contributed by atoms with van der Waals surface area (Å²) in [7, 11) is 1.67. The van der Waals surface area contributed by atoms with Gasteiger partial charge in [-0.2, -0.15) is 0 Å². The Bertz CT molecular complexity index is 945. The number of piperidine rings is 1. The van der Waals surface area contributed by atoms with Crippen molar-refractivity contribution < 1.29 is 23.4 Å². The average Bonchev–Trinajstić information content (AvgIpc) is 2.94. The van der Waals surface area contributed by atoms with Crippen molar-refractivity contribution in [3.05, 3.63) is 52.7 Å². The molecule has 2 aromatic rings. The van der Waals surface area contributed by atoms with Gasteiger partial charge in [0.2, 0.25) is 0 Å². The molecule has 8 heteroatoms. The first-order chi connectivity index (χ1) is 13.9. The zero-order valence-corrected chi connectivity index (χ0v) is 16.4. The molecule has 1 atom stereocenters. The van der Waals surface area contributed by atoms with Crippen molar-refractivity contribution in [1.82, 2.24) is 9.88 Å². The number of nitrogens with zero attached hydrogens (tertiary/aromatic N) is 3. The number of pyridine rings is 1. The van der Waals surface area contributed by atoms with Crippen molar-refractivity contribution >= 4 is 11.7 Å². The number of aliphatic hydroxyl groups is 1. The van der Waals surface area contributed by atoms with E-state index in [1.165, 1.54) is 11.0 Å². The topological polar surface area (TPSA) is 65.9 Å². The van der Waals surface area contributed by atoms with E-state index in [0.717, 1.165) is 23.5 Å². The highest BCUT2D eigenvalue weighted by molar-refractivity contribution is 5.99. The minimum absolute atomic E-state index is 0.0938. The number of amides is 1. The normalized spacial score (nSPS) is 19.6. The standard InChI is InChI=1S/C21H23F2N3O3/c1-12-9-15-19(18(11-27)25(2)21(15)28)24-20(12)26-7-5-13(6-8-26)29-14-3-4-16(22)17(23)10-14/h3-4,9-10,13,18,27H,5-8,11H2,1-2H3/t18-/m1/s1. The molecule has 4 rings (SSSR count). The molecule has 0 radical (unpaired) electrons. The van der Waals surface area contributed by atoms with Gasteiger partial charge in [0.25, 0.3) is 5.91 Å². The Morgan fingerprint density at radius 3 is 2.59 bits per heavy atom. The van der Waals surface area contributed by atoms with E-state index in [0.29, 0.717) is 42.9 Å². The van der Waals surface area contributed by atoms with Gasteiger partial charge in [0.15, 0.2) is 11.6 Å². The molecule has 1 N–H and O–H groups in total. The third-order valence-corrected chi connectivity index (χ3v) is 5.66. The molecule has 1 amide bonds. The Labute approximate surface area is 167 Å². The number of halogens is 2. The number of aryl methyl sites for hydroxylation is 1. The molecule has 0 saturated carbocycles. The van der Waals surface area contributed by atoms with Crippen molar-refractivity contribution in [3.63, 3.8) is 0 Å². The summed E-state index contributed by atoms with van der Waals surface area (Å²) in [5, 5.41) is 9.67. The quantitative estimate of drug-likeness (QED) is 0.851. The zero-order valence-electron chi connectivity index (χ0n) is 16.4. The minimum atomic E-state index is -0.921. The molecule has 0 spiro atoms. The van der Waals surface area contributed by atoms with Gasteiger partial charge in [-0.05, 0) is 30.7 Å². The van der Waals surface area contributed by atoms with Crippen LogP contribution in [0.5, 0.6) is 5.75 Å². The number of carbonyl (C=O) groups excluding carboxylic acids is 1. The first-order valence-corrected chi connectivity index (χ1v) is 9.65. The molecule has 6 nitrogen and oxygen atoms in total. The van der Waals surface area contributed by atoms with Gasteiger partial charge in [-0.15, -0.1) is 0 Å². The van der Waals surface area contributed by atoms with Gasteiger partial charge < -0.3 is 19.6 Å². The lowest BCUT2D eigenvalue weighted by Gasteiger charge is -2.34. The van der Waals surface area contributed by atoms with E-state index >= 15 is 0 Å². The number of hydrogen-bond acceptors (Lipinski definition) is 5. The molecule has 1 saturated heterocycles. The maximum Gasteiger partial charge on any atom is 0.256 e. The first-order valence-electron chi connectivity index (χ1n) is 9.65. The highest BCUT2D eigenvalue weighted by atomic mass is 19.2. The number of carbonyl (C=O) groups is 1. The lowest BCUT2D eigenvalue weighted by molar-refractivity contribution is 0.0715. The van der Waals surface area contributed by atoms with E-state index in [-0.39, 0.29) is 18.6 Å². The zero-order chi connectivity index (χ0) is 20.7. The first kappa shape index (κ1) is 19.6. The van der Waals surface area contributed by atoms with E-state index in [9.17, 15) is 18.7 Å². The van der Waals surface area contributed by atoms with Crippen molar-refractivity contribution in [2.75, 3.05) is 31.6 Å². The van der Waals surface area contributed by atoms with Gasteiger partial charge in [0, 0.05) is 39.0 Å². The highest BCUT2D eigenvalue weighted by Gasteiger charge is 2.36. The van der Waals surface area contributed by atoms with Crippen molar-refractivity contribution in [1.29, 1.82) is 0 Å². The minimum Gasteiger partial charge on any atom is -0.490 e. The smallest absolute Gasteiger partial charge is 0.256 e. The predicted molar refractivity (Wildman–Crippen MR) is 103 cm³/mol. The molecule has 154 valence electrons. The van der Waals surface area contributed by atoms with Crippen LogP contribution in [0.1, 0.15) is 40.5 Å². The molecular weight excluding hydrogens is 380 g/mol. The maximum absolute atomic E-state index is 13.4. The number of aromatic nitrogens is 1. The molecule has 2 aliphatic rings. The van der Waals surface area contributed by atoms with Crippen LogP contribution in [0.4, 0.5) is 14.6 Å². The molecule has 0 bridgehead atoms. The molecule has 1 fully saturated rings. The van der Waals surface area contributed by atoms with Crippen LogP contribution in [0.3, 0.4) is 0 Å². The number of likely N-dealkylation sites (N-methyl/N-ethyl adjacent to an activating group) is 1. The molecule has 0 aliphatic carbocycles. The summed E-state index contributed by atoms with van der Waals surface area (Å²) >= 11 is 0. The second-order valence-corrected chi connectivity index (χ2v) is 7.56. The van der Waals surface area contributed by atoms with Crippen molar-refractivity contribution in [2.24, 2.45) is 0 Å². The Balaban J connectivity index is 1.47. The van der Waals surface area contributed by atoms with E-state index in [2.05, 4.69) is 4.90 Å². The van der Waals surface area contributed by atoms with Gasteiger partial charge in [0.1, 0.15) is 17.7 Å². The summed E-state index contributed by atoms with van der Waals surface area (Å²) in [6, 6.07) is 4.98. The Morgan fingerprint density at radius 1 is 1.21 bits per heavy atom. The Hall–Kier alpha value is -2.74. The number of hydrogen-bond donors (Lipinski definition) is 1. The van der Waals surface area contributed by atoms with Gasteiger partial charge in [-0.1, -0.05) is 0 Å². The fourth-order valence-corrected chi connectivity index (χ4v) is 4.01. The second-order valence-electron chi connectivity index (χ2n) is 7.56. The van der Waals surface area contributed by atoms with Crippen LogP contribution in [0, 0.1) is 18.6 Å². The summed E-state index contributed by atoms with van der Waals surface area (Å²) in [6.45, 7) is 3.13. The monoisotopic (exact) mass is 403 g/mol. The SMILES string of the molecule is Cc1cc2c(nc1N1CCC(Oc3ccc(F)c(F)c3)CC1)[C@@H](CO)N(C)C2=O. The van der Waals surface area contributed by atoms with E-state index < -0.39 is 17.7 Å². The maximum atomic E-state index is 13.4. The molecule has 3 heterocycles. The number of aliphatic hydroxyl groups excluding tert-OH is 1. The lowest BCUT2D eigenvalue weighted by atomic mass is 10.1. The number of ether oxygens (including phenoxy) is 1. The average molecular weight is 403 g/mol. The highest BCUT2D eigenvalue weighted by Crippen LogP contribution is 2.34. The van der Waals surface area contributed by atoms with Crippen LogP contribution < -0.4 is 9.64 Å². The predicted octanol–water partition coefficient (Wildman–Crippen LogP) is 2.84. The van der Waals surface area contributed by atoms with Crippen molar-refractivity contribution in [3.8, 4) is 5.75 Å². The third-order valence-electron chi connectivity index (χ3n) is 5.66. The van der Waals surface area contributed by atoms with Crippen LogP contribution in [0.15, 0.2) is 24.3 Å². The number of benzene rings is 1. The van der Waals surface area contributed by atoms with Gasteiger partial charge in [-0.25, -0.2) is 13.8 Å². The summed E-state index contributed by atoms with van der Waals surface area (Å²) in [6.07, 6.45) is 1.32. The van der Waals surface area contributed by atoms with Gasteiger partial charge >= 0.3 is 0 Å². The van der Waals surface area contributed by atoms with E-state index in [1.54, 1.807) is 7.05 Å². The summed E-state index contributed by atoms with van der Waals surface area (Å²) in [5.74, 6) is -0.815. The summed E-state index contributed by atoms with van der Waals surface area (Å²) in [5.41, 5.74) is 2.06. The van der Waals surface area contributed by atoms with E-state index in [4.69, 9.17) is 9.72 Å². The van der Waals surface area contributed by atoms with Crippen LogP contribution in [-0.2, 0) is 0 Å². The van der Waals surface area contributed by atoms with Crippen LogP contribution >= 0.6 is 0 Å². The Morgan fingerprint density at radius 2 is 1.93 bits per heavy atom. The number of rotatable bonds is 4. The van der Waals surface area contributed by atoms with Crippen LogP contribution in [0.2, 0.25) is 0 Å². The van der Waals surface area contributed by atoms with Gasteiger partial charge in [-0.3, -0.25) is 4.79 Å². The summed E-state index contributed by atoms with van der Waals surface area (Å²) < 4.78 is 32.2. The molecule has 0 unspecified atom stereocenters. The van der Waals surface area contributed by atoms with E-state index in [1.807, 2.05) is 13.0 Å². The lowest BCUT2D eigenvalue weighted by Crippen LogP contribution is -2.39. The molecule has 1 aromatic carbocycles. The fourth-order valence-electron chi connectivity index (χ4n) is 4.01. The van der Waals surface area contributed by atoms with Crippen LogP contribution in [-0.4, -0.2) is 53.7 Å². The molecule has 1 aromatic heterocycles. The summed E-state index contributed by atoms with van der Waals surface area (Å²) in [4.78, 5) is 20.7. The fraction of sp³-hybridized carbons (Fsp3) is 0.429. The molecule has 2 aliphatic heterocycles. The van der Waals surface area contributed by atoms with Crippen LogP contribution in [0.25, 0.3) is 0 Å². The Kier molecular flexibility index (Phi) is 5.12. The molecule has 29 heavy (non-hydrogen) atoms. The van der Waals surface area contributed by atoms with Gasteiger partial charge in [0.05, 0.1) is 23.9 Å². The third kappa shape index (κ3) is 3.53. The number of anilines is 1.